The van der Waals surface area contributed by atoms with E-state index in [1.807, 2.05) is 25.8 Å². The molecule has 20 heavy (non-hydrogen) atoms. The number of hydrogen-bond acceptors (Lipinski definition) is 5. The summed E-state index contributed by atoms with van der Waals surface area (Å²) < 4.78 is 1.18. The van der Waals surface area contributed by atoms with E-state index in [-0.39, 0.29) is 18.0 Å². The van der Waals surface area contributed by atoms with Crippen molar-refractivity contribution in [2.75, 3.05) is 38.1 Å². The number of amides is 1. The summed E-state index contributed by atoms with van der Waals surface area (Å²) in [6.45, 7) is 6.18. The highest BCUT2D eigenvalue weighted by molar-refractivity contribution is 5.75. The van der Waals surface area contributed by atoms with Crippen molar-refractivity contribution >= 4 is 11.6 Å². The van der Waals surface area contributed by atoms with Gasteiger partial charge in [0, 0.05) is 39.3 Å². The van der Waals surface area contributed by atoms with E-state index >= 15 is 0 Å². The molecule has 7 nitrogen and oxygen atoms in total. The van der Waals surface area contributed by atoms with Gasteiger partial charge in [0.1, 0.15) is 6.54 Å². The molecule has 1 aromatic heterocycles. The van der Waals surface area contributed by atoms with Crippen LogP contribution < -0.4 is 16.2 Å². The summed E-state index contributed by atoms with van der Waals surface area (Å²) in [6.07, 6.45) is 1.58. The van der Waals surface area contributed by atoms with Gasteiger partial charge in [-0.15, -0.1) is 0 Å². The Morgan fingerprint density at radius 3 is 2.55 bits per heavy atom. The average Bonchev–Trinajstić information content (AvgIpc) is 2.42. The summed E-state index contributed by atoms with van der Waals surface area (Å²) in [5, 5.41) is 4.05. The second-order valence-corrected chi connectivity index (χ2v) is 4.49. The Morgan fingerprint density at radius 2 is 2.05 bits per heavy atom. The molecule has 7 heteroatoms. The summed E-state index contributed by atoms with van der Waals surface area (Å²) >= 11 is 0. The van der Waals surface area contributed by atoms with Gasteiger partial charge in [0.2, 0.25) is 5.91 Å². The van der Waals surface area contributed by atoms with Crippen molar-refractivity contribution in [2.24, 2.45) is 5.73 Å². The number of hydrogen-bond donors (Lipinski definition) is 1. The molecule has 0 aliphatic rings. The zero-order valence-corrected chi connectivity index (χ0v) is 12.4. The number of carbonyl (C=O) groups is 1. The van der Waals surface area contributed by atoms with Crippen LogP contribution in [0.2, 0.25) is 0 Å². The van der Waals surface area contributed by atoms with Crippen LogP contribution in [0.3, 0.4) is 0 Å². The minimum Gasteiger partial charge on any atom is -0.372 e. The van der Waals surface area contributed by atoms with Crippen molar-refractivity contribution in [3.8, 4) is 0 Å². The van der Waals surface area contributed by atoms with Gasteiger partial charge in [-0.2, -0.15) is 5.10 Å². The van der Waals surface area contributed by atoms with Crippen molar-refractivity contribution < 1.29 is 4.79 Å². The summed E-state index contributed by atoms with van der Waals surface area (Å²) in [7, 11) is 1.84. The van der Waals surface area contributed by atoms with Crippen LogP contribution in [0.15, 0.2) is 17.1 Å². The topological polar surface area (TPSA) is 84.5 Å². The first-order valence-corrected chi connectivity index (χ1v) is 6.79. The monoisotopic (exact) mass is 281 g/mol. The molecule has 0 bridgehead atoms. The normalized spacial score (nSPS) is 10.4. The van der Waals surface area contributed by atoms with Gasteiger partial charge < -0.3 is 15.5 Å². The lowest BCUT2D eigenvalue weighted by molar-refractivity contribution is -0.131. The summed E-state index contributed by atoms with van der Waals surface area (Å²) in [5.74, 6) is -0.104. The van der Waals surface area contributed by atoms with Crippen molar-refractivity contribution in [3.05, 3.63) is 22.6 Å². The van der Waals surface area contributed by atoms with Gasteiger partial charge in [0.25, 0.3) is 5.56 Å². The molecule has 112 valence electrons. The number of anilines is 1. The van der Waals surface area contributed by atoms with Gasteiger partial charge in [-0.3, -0.25) is 9.59 Å². The number of nitrogens with two attached hydrogens (primary N) is 1. The molecular weight excluding hydrogens is 258 g/mol. The van der Waals surface area contributed by atoms with E-state index in [2.05, 4.69) is 5.10 Å². The first-order chi connectivity index (χ1) is 9.53. The molecule has 1 amide bonds. The molecule has 1 heterocycles. The zero-order chi connectivity index (χ0) is 15.1. The molecule has 0 radical (unpaired) electrons. The minimum atomic E-state index is -0.285. The maximum Gasteiger partial charge on any atom is 0.269 e. The van der Waals surface area contributed by atoms with E-state index in [1.165, 1.54) is 10.7 Å². The highest BCUT2D eigenvalue weighted by atomic mass is 16.2. The van der Waals surface area contributed by atoms with Crippen LogP contribution in [0.5, 0.6) is 0 Å². The Hall–Kier alpha value is -1.89. The molecule has 0 saturated carbocycles. The first kappa shape index (κ1) is 16.2. The minimum absolute atomic E-state index is 0.0264. The fourth-order valence-corrected chi connectivity index (χ4v) is 1.88. The predicted octanol–water partition coefficient (Wildman–Crippen LogP) is -0.493. The predicted molar refractivity (Wildman–Crippen MR) is 78.7 cm³/mol. The fourth-order valence-electron chi connectivity index (χ4n) is 1.88. The van der Waals surface area contributed by atoms with Crippen molar-refractivity contribution in [3.63, 3.8) is 0 Å². The quantitative estimate of drug-likeness (QED) is 0.729. The second-order valence-electron chi connectivity index (χ2n) is 4.49. The van der Waals surface area contributed by atoms with E-state index in [1.54, 1.807) is 11.1 Å². The van der Waals surface area contributed by atoms with Gasteiger partial charge in [-0.25, -0.2) is 4.68 Å². The number of rotatable bonds is 7. The first-order valence-electron chi connectivity index (χ1n) is 6.79. The Morgan fingerprint density at radius 1 is 1.40 bits per heavy atom. The third-order valence-corrected chi connectivity index (χ3v) is 3.16. The lowest BCUT2D eigenvalue weighted by Gasteiger charge is -2.20. The highest BCUT2D eigenvalue weighted by Crippen LogP contribution is 2.05. The van der Waals surface area contributed by atoms with Crippen LogP contribution in [0.25, 0.3) is 0 Å². The van der Waals surface area contributed by atoms with Gasteiger partial charge >= 0.3 is 0 Å². The van der Waals surface area contributed by atoms with Crippen molar-refractivity contribution in [1.82, 2.24) is 14.7 Å². The number of likely N-dealkylation sites (N-methyl/N-ethyl adjacent to an activating group) is 2. The largest absolute Gasteiger partial charge is 0.372 e. The lowest BCUT2D eigenvalue weighted by Crippen LogP contribution is -2.37. The molecule has 0 unspecified atom stereocenters. The molecule has 2 N–H and O–H groups in total. The standard InChI is InChI=1S/C13H23N5O2/c1-4-17(5-2)13(20)10-18-12(19)8-11(9-15-18)16(3)7-6-14/h8-9H,4-7,10,14H2,1-3H3. The maximum absolute atomic E-state index is 12.0. The Balaban J connectivity index is 2.83. The molecule has 0 aromatic carbocycles. The third kappa shape index (κ3) is 4.06. The summed E-state index contributed by atoms with van der Waals surface area (Å²) in [6, 6.07) is 1.47. The van der Waals surface area contributed by atoms with Gasteiger partial charge in [-0.05, 0) is 13.8 Å². The summed E-state index contributed by atoms with van der Waals surface area (Å²) in [5.41, 5.74) is 5.88. The molecule has 1 rings (SSSR count). The van der Waals surface area contributed by atoms with Crippen LogP contribution in [0.1, 0.15) is 13.8 Å². The average molecular weight is 281 g/mol. The van der Waals surface area contributed by atoms with E-state index in [9.17, 15) is 9.59 Å². The Kier molecular flexibility index (Phi) is 6.17. The smallest absolute Gasteiger partial charge is 0.269 e. The third-order valence-electron chi connectivity index (χ3n) is 3.16. The second kappa shape index (κ2) is 7.64. The van der Waals surface area contributed by atoms with Crippen LogP contribution in [-0.2, 0) is 11.3 Å². The Bertz CT molecular complexity index is 496. The van der Waals surface area contributed by atoms with E-state index in [0.29, 0.717) is 31.9 Å². The molecule has 0 atom stereocenters. The SMILES string of the molecule is CCN(CC)C(=O)Cn1ncc(N(C)CCN)cc1=O. The van der Waals surface area contributed by atoms with Crippen LogP contribution in [-0.4, -0.2) is 53.8 Å². The number of carbonyl (C=O) groups excluding carboxylic acids is 1. The van der Waals surface area contributed by atoms with E-state index < -0.39 is 0 Å². The van der Waals surface area contributed by atoms with Crippen LogP contribution in [0.4, 0.5) is 5.69 Å². The van der Waals surface area contributed by atoms with Crippen LogP contribution in [0, 0.1) is 0 Å². The summed E-state index contributed by atoms with van der Waals surface area (Å²) in [4.78, 5) is 27.4. The molecule has 0 spiro atoms. The highest BCUT2D eigenvalue weighted by Gasteiger charge is 2.12. The maximum atomic E-state index is 12.0. The van der Waals surface area contributed by atoms with Gasteiger partial charge in [0.15, 0.2) is 0 Å². The molecule has 0 aliphatic heterocycles. The molecule has 0 aliphatic carbocycles. The van der Waals surface area contributed by atoms with Crippen LogP contribution >= 0.6 is 0 Å². The molecule has 0 saturated heterocycles. The van der Waals surface area contributed by atoms with Crippen molar-refractivity contribution in [1.29, 1.82) is 0 Å². The zero-order valence-electron chi connectivity index (χ0n) is 12.4. The van der Waals surface area contributed by atoms with Gasteiger partial charge in [-0.1, -0.05) is 0 Å². The van der Waals surface area contributed by atoms with Crippen molar-refractivity contribution in [2.45, 2.75) is 20.4 Å². The molecule has 0 fully saturated rings. The number of aromatic nitrogens is 2. The number of nitrogens with zero attached hydrogens (tertiary/aromatic N) is 4. The van der Waals surface area contributed by atoms with E-state index in [4.69, 9.17) is 5.73 Å². The molecular formula is C13H23N5O2. The van der Waals surface area contributed by atoms with E-state index in [0.717, 1.165) is 0 Å². The fraction of sp³-hybridized carbons (Fsp3) is 0.615. The Labute approximate surface area is 119 Å². The van der Waals surface area contributed by atoms with Gasteiger partial charge in [0.05, 0.1) is 11.9 Å². The molecule has 1 aromatic rings. The lowest BCUT2D eigenvalue weighted by atomic mass is 10.4.